The van der Waals surface area contributed by atoms with Gasteiger partial charge in [0.15, 0.2) is 0 Å². The molecular weight excluding hydrogens is 284 g/mol. The van der Waals surface area contributed by atoms with Gasteiger partial charge in [-0.1, -0.05) is 18.2 Å². The molecule has 0 aliphatic heterocycles. The van der Waals surface area contributed by atoms with Gasteiger partial charge in [-0.15, -0.1) is 11.3 Å². The van der Waals surface area contributed by atoms with Crippen LogP contribution in [0.5, 0.6) is 0 Å². The van der Waals surface area contributed by atoms with E-state index in [0.717, 1.165) is 5.01 Å². The summed E-state index contributed by atoms with van der Waals surface area (Å²) < 4.78 is 26.8. The second kappa shape index (κ2) is 5.79. The molecule has 1 aromatic carbocycles. The Hall–Kier alpha value is -1.28. The average molecular weight is 298 g/mol. The lowest BCUT2D eigenvalue weighted by Gasteiger charge is -2.09. The molecular formula is C12H14N2O3S2. The van der Waals surface area contributed by atoms with E-state index in [-0.39, 0.29) is 18.0 Å². The summed E-state index contributed by atoms with van der Waals surface area (Å²) in [5, 5.41) is 11.9. The maximum atomic E-state index is 12.1. The van der Waals surface area contributed by atoms with Gasteiger partial charge in [0.05, 0.1) is 28.7 Å². The van der Waals surface area contributed by atoms with Crippen LogP contribution in [0.2, 0.25) is 0 Å². The smallest absolute Gasteiger partial charge is 0.241 e. The number of nitrogens with one attached hydrogen (secondary N) is 1. The number of benzene rings is 1. The van der Waals surface area contributed by atoms with Crippen LogP contribution in [-0.2, 0) is 23.2 Å². The van der Waals surface area contributed by atoms with E-state index in [0.29, 0.717) is 11.3 Å². The van der Waals surface area contributed by atoms with Crippen LogP contribution in [-0.4, -0.2) is 18.5 Å². The second-order valence-corrected chi connectivity index (χ2v) is 6.75. The molecule has 0 saturated carbocycles. The third-order valence-electron chi connectivity index (χ3n) is 2.54. The minimum Gasteiger partial charge on any atom is -0.392 e. The summed E-state index contributed by atoms with van der Waals surface area (Å²) in [6.45, 7) is 1.70. The fourth-order valence-corrected chi connectivity index (χ4v) is 3.47. The summed E-state index contributed by atoms with van der Waals surface area (Å²) >= 11 is 1.47. The highest BCUT2D eigenvalue weighted by Crippen LogP contribution is 2.16. The van der Waals surface area contributed by atoms with E-state index < -0.39 is 10.0 Å². The van der Waals surface area contributed by atoms with Crippen LogP contribution in [0.15, 0.2) is 34.5 Å². The van der Waals surface area contributed by atoms with Crippen LogP contribution >= 0.6 is 11.3 Å². The van der Waals surface area contributed by atoms with Gasteiger partial charge in [-0.2, -0.15) is 0 Å². The topological polar surface area (TPSA) is 79.3 Å². The number of aliphatic hydroxyl groups excluding tert-OH is 1. The molecule has 0 fully saturated rings. The van der Waals surface area contributed by atoms with Gasteiger partial charge in [0, 0.05) is 5.38 Å². The lowest BCUT2D eigenvalue weighted by Crippen LogP contribution is -2.24. The van der Waals surface area contributed by atoms with Crippen LogP contribution in [0.3, 0.4) is 0 Å². The summed E-state index contributed by atoms with van der Waals surface area (Å²) in [4.78, 5) is 4.29. The van der Waals surface area contributed by atoms with Gasteiger partial charge in [0.1, 0.15) is 0 Å². The number of aryl methyl sites for hydroxylation is 1. The summed E-state index contributed by atoms with van der Waals surface area (Å²) in [7, 11) is -3.64. The predicted octanol–water partition coefficient (Wildman–Crippen LogP) is 1.42. The number of thiazole rings is 1. The first kappa shape index (κ1) is 14.1. The first-order valence-corrected chi connectivity index (χ1v) is 7.98. The van der Waals surface area contributed by atoms with E-state index in [1.54, 1.807) is 18.2 Å². The van der Waals surface area contributed by atoms with Crippen molar-refractivity contribution in [3.05, 3.63) is 45.9 Å². The Morgan fingerprint density at radius 1 is 1.37 bits per heavy atom. The molecule has 2 aromatic rings. The Labute approximate surface area is 116 Å². The van der Waals surface area contributed by atoms with E-state index in [2.05, 4.69) is 9.71 Å². The van der Waals surface area contributed by atoms with Crippen LogP contribution < -0.4 is 4.72 Å². The number of hydrogen-bond donors (Lipinski definition) is 2. The van der Waals surface area contributed by atoms with Gasteiger partial charge < -0.3 is 5.11 Å². The molecule has 0 radical (unpaired) electrons. The fourth-order valence-electron chi connectivity index (χ4n) is 1.63. The normalized spacial score (nSPS) is 11.7. The van der Waals surface area contributed by atoms with Crippen molar-refractivity contribution < 1.29 is 13.5 Å². The fraction of sp³-hybridized carbons (Fsp3) is 0.250. The predicted molar refractivity (Wildman–Crippen MR) is 73.2 cm³/mol. The molecule has 1 heterocycles. The molecule has 0 aliphatic rings. The van der Waals surface area contributed by atoms with E-state index in [1.165, 1.54) is 17.4 Å². The van der Waals surface area contributed by atoms with Crippen molar-refractivity contribution in [2.75, 3.05) is 0 Å². The van der Waals surface area contributed by atoms with E-state index in [9.17, 15) is 8.42 Å². The average Bonchev–Trinajstić information content (AvgIpc) is 2.82. The van der Waals surface area contributed by atoms with Crippen molar-refractivity contribution in [1.82, 2.24) is 9.71 Å². The molecule has 0 saturated heterocycles. The number of aliphatic hydroxyl groups is 1. The van der Waals surface area contributed by atoms with Gasteiger partial charge >= 0.3 is 0 Å². The van der Waals surface area contributed by atoms with Crippen molar-refractivity contribution in [2.24, 2.45) is 0 Å². The quantitative estimate of drug-likeness (QED) is 0.875. The first-order chi connectivity index (χ1) is 9.03. The number of hydrogen-bond acceptors (Lipinski definition) is 5. The van der Waals surface area contributed by atoms with E-state index in [1.807, 2.05) is 12.3 Å². The Morgan fingerprint density at radius 2 is 2.11 bits per heavy atom. The molecule has 0 spiro atoms. The van der Waals surface area contributed by atoms with Crippen molar-refractivity contribution in [1.29, 1.82) is 0 Å². The summed E-state index contributed by atoms with van der Waals surface area (Å²) in [6.07, 6.45) is 0. The van der Waals surface area contributed by atoms with Crippen molar-refractivity contribution in [3.63, 3.8) is 0 Å². The summed E-state index contributed by atoms with van der Waals surface area (Å²) in [6, 6.07) is 6.37. The molecule has 0 aliphatic carbocycles. The van der Waals surface area contributed by atoms with E-state index >= 15 is 0 Å². The number of nitrogens with zero attached hydrogens (tertiary/aromatic N) is 1. The van der Waals surface area contributed by atoms with E-state index in [4.69, 9.17) is 5.11 Å². The van der Waals surface area contributed by atoms with Gasteiger partial charge in [-0.3, -0.25) is 0 Å². The first-order valence-electron chi connectivity index (χ1n) is 5.62. The number of sulfonamides is 1. The van der Waals surface area contributed by atoms with Crippen LogP contribution in [0.1, 0.15) is 16.3 Å². The highest BCUT2D eigenvalue weighted by molar-refractivity contribution is 7.89. The Kier molecular flexibility index (Phi) is 4.31. The lowest BCUT2D eigenvalue weighted by atomic mass is 10.2. The Morgan fingerprint density at radius 3 is 2.74 bits per heavy atom. The molecule has 102 valence electrons. The van der Waals surface area contributed by atoms with Crippen molar-refractivity contribution in [3.8, 4) is 0 Å². The van der Waals surface area contributed by atoms with Crippen LogP contribution in [0.4, 0.5) is 0 Å². The second-order valence-electron chi connectivity index (χ2n) is 3.95. The van der Waals surface area contributed by atoms with Gasteiger partial charge in [-0.25, -0.2) is 18.1 Å². The molecule has 0 bridgehead atoms. The number of rotatable bonds is 5. The molecule has 0 amide bonds. The monoisotopic (exact) mass is 298 g/mol. The molecule has 5 nitrogen and oxygen atoms in total. The van der Waals surface area contributed by atoms with Crippen molar-refractivity contribution in [2.45, 2.75) is 25.0 Å². The molecule has 1 aromatic heterocycles. The SMILES string of the molecule is Cc1nc(CNS(=O)(=O)c2ccccc2CO)cs1. The van der Waals surface area contributed by atoms with Gasteiger partial charge in [-0.05, 0) is 18.6 Å². The third-order valence-corrected chi connectivity index (χ3v) is 4.87. The molecule has 2 rings (SSSR count). The Bertz CT molecular complexity index is 665. The number of aromatic nitrogens is 1. The standard InChI is InChI=1S/C12H14N2O3S2/c1-9-14-11(8-18-9)6-13-19(16,17)12-5-3-2-4-10(12)7-15/h2-5,8,13,15H,6-7H2,1H3. The highest BCUT2D eigenvalue weighted by Gasteiger charge is 2.17. The summed E-state index contributed by atoms with van der Waals surface area (Å²) in [5.41, 5.74) is 1.07. The lowest BCUT2D eigenvalue weighted by molar-refractivity contribution is 0.278. The Balaban J connectivity index is 2.18. The maximum Gasteiger partial charge on any atom is 0.241 e. The molecule has 0 atom stereocenters. The van der Waals surface area contributed by atoms with Gasteiger partial charge in [0.25, 0.3) is 0 Å². The zero-order valence-electron chi connectivity index (χ0n) is 10.3. The minimum atomic E-state index is -3.64. The van der Waals surface area contributed by atoms with Crippen molar-refractivity contribution >= 4 is 21.4 Å². The third kappa shape index (κ3) is 3.38. The summed E-state index contributed by atoms with van der Waals surface area (Å²) in [5.74, 6) is 0. The largest absolute Gasteiger partial charge is 0.392 e. The molecule has 0 unspecified atom stereocenters. The molecule has 7 heteroatoms. The zero-order valence-corrected chi connectivity index (χ0v) is 12.0. The zero-order chi connectivity index (χ0) is 13.9. The van der Waals surface area contributed by atoms with Crippen LogP contribution in [0.25, 0.3) is 0 Å². The minimum absolute atomic E-state index is 0.101. The van der Waals surface area contributed by atoms with Crippen LogP contribution in [0, 0.1) is 6.92 Å². The van der Waals surface area contributed by atoms with Gasteiger partial charge in [0.2, 0.25) is 10.0 Å². The molecule has 2 N–H and O–H groups in total. The molecule has 19 heavy (non-hydrogen) atoms. The maximum absolute atomic E-state index is 12.1. The highest BCUT2D eigenvalue weighted by atomic mass is 32.2.